The van der Waals surface area contributed by atoms with Gasteiger partial charge < -0.3 is 9.73 Å². The lowest BCUT2D eigenvalue weighted by Crippen LogP contribution is -2.24. The maximum absolute atomic E-state index is 11.9. The standard InChI is InChI=1S/C18H14N4O2/c1-2-7-20-18(23)13(10-19)8-14-11-21-22-17(14)16-9-12-5-3-4-6-15(12)24-16/h2-6,8-9,11H,1,7H2,(H,20,23)(H,21,22)/b13-8-. The smallest absolute Gasteiger partial charge is 0.262 e. The van der Waals surface area contributed by atoms with Crippen molar-refractivity contribution in [1.29, 1.82) is 5.26 Å². The van der Waals surface area contributed by atoms with Gasteiger partial charge in [0, 0.05) is 17.5 Å². The van der Waals surface area contributed by atoms with Crippen LogP contribution in [0.4, 0.5) is 0 Å². The zero-order valence-corrected chi connectivity index (χ0v) is 12.7. The van der Waals surface area contributed by atoms with Gasteiger partial charge in [0.05, 0.1) is 6.20 Å². The van der Waals surface area contributed by atoms with Crippen molar-refractivity contribution < 1.29 is 9.21 Å². The van der Waals surface area contributed by atoms with Crippen LogP contribution in [-0.4, -0.2) is 22.6 Å². The first-order chi connectivity index (χ1) is 11.7. The van der Waals surface area contributed by atoms with Gasteiger partial charge in [-0.2, -0.15) is 10.4 Å². The largest absolute Gasteiger partial charge is 0.454 e. The Bertz CT molecular complexity index is 939. The zero-order valence-electron chi connectivity index (χ0n) is 12.7. The quantitative estimate of drug-likeness (QED) is 0.429. The summed E-state index contributed by atoms with van der Waals surface area (Å²) in [4.78, 5) is 11.9. The molecule has 6 nitrogen and oxygen atoms in total. The molecule has 2 N–H and O–H groups in total. The lowest BCUT2D eigenvalue weighted by atomic mass is 10.1. The number of furan rings is 1. The van der Waals surface area contributed by atoms with E-state index in [4.69, 9.17) is 4.42 Å². The number of hydrogen-bond donors (Lipinski definition) is 2. The average Bonchev–Trinajstić information content (AvgIpc) is 3.23. The van der Waals surface area contributed by atoms with Crippen LogP contribution in [0.3, 0.4) is 0 Å². The first-order valence-corrected chi connectivity index (χ1v) is 7.26. The maximum Gasteiger partial charge on any atom is 0.262 e. The fraction of sp³-hybridized carbons (Fsp3) is 0.0556. The number of rotatable bonds is 5. The molecule has 6 heteroatoms. The van der Waals surface area contributed by atoms with E-state index in [1.807, 2.05) is 36.4 Å². The highest BCUT2D eigenvalue weighted by Crippen LogP contribution is 2.29. The van der Waals surface area contributed by atoms with Crippen LogP contribution in [0.25, 0.3) is 28.5 Å². The number of carbonyl (C=O) groups excluding carboxylic acids is 1. The molecule has 0 aliphatic heterocycles. The molecule has 0 fully saturated rings. The van der Waals surface area contributed by atoms with Crippen LogP contribution in [0.5, 0.6) is 0 Å². The van der Waals surface area contributed by atoms with Gasteiger partial charge in [0.2, 0.25) is 0 Å². The second-order valence-corrected chi connectivity index (χ2v) is 5.02. The molecule has 24 heavy (non-hydrogen) atoms. The molecule has 0 aliphatic rings. The third-order valence-electron chi connectivity index (χ3n) is 3.41. The number of aromatic nitrogens is 2. The van der Waals surface area contributed by atoms with E-state index in [0.717, 1.165) is 11.0 Å². The molecule has 0 atom stereocenters. The molecule has 3 rings (SSSR count). The normalized spacial score (nSPS) is 11.2. The third kappa shape index (κ3) is 2.96. The SMILES string of the molecule is C=CCNC(=O)/C(C#N)=C\c1cn[nH]c1-c1cc2ccccc2o1. The second kappa shape index (κ2) is 6.67. The summed E-state index contributed by atoms with van der Waals surface area (Å²) in [5.74, 6) is 0.123. The van der Waals surface area contributed by atoms with Crippen molar-refractivity contribution in [3.05, 3.63) is 60.3 Å². The molecule has 0 bridgehead atoms. The van der Waals surface area contributed by atoms with Crippen LogP contribution in [-0.2, 0) is 4.79 Å². The Hall–Kier alpha value is -3.59. The summed E-state index contributed by atoms with van der Waals surface area (Å²) in [5.41, 5.74) is 1.94. The summed E-state index contributed by atoms with van der Waals surface area (Å²) in [6.07, 6.45) is 4.57. The lowest BCUT2D eigenvalue weighted by Gasteiger charge is -2.00. The lowest BCUT2D eigenvalue weighted by molar-refractivity contribution is -0.116. The number of benzene rings is 1. The van der Waals surface area contributed by atoms with Gasteiger partial charge in [-0.3, -0.25) is 9.89 Å². The van der Waals surface area contributed by atoms with E-state index in [-0.39, 0.29) is 5.57 Å². The van der Waals surface area contributed by atoms with E-state index >= 15 is 0 Å². The predicted octanol–water partition coefficient (Wildman–Crippen LogP) is 3.03. The first kappa shape index (κ1) is 15.3. The van der Waals surface area contributed by atoms with Gasteiger partial charge >= 0.3 is 0 Å². The van der Waals surface area contributed by atoms with Gasteiger partial charge in [0.25, 0.3) is 5.91 Å². The van der Waals surface area contributed by atoms with Crippen LogP contribution in [0.2, 0.25) is 0 Å². The highest BCUT2D eigenvalue weighted by molar-refractivity contribution is 6.02. The Kier molecular flexibility index (Phi) is 4.25. The highest BCUT2D eigenvalue weighted by atomic mass is 16.3. The molecule has 0 radical (unpaired) electrons. The van der Waals surface area contributed by atoms with E-state index in [1.54, 1.807) is 12.3 Å². The number of nitrogens with zero attached hydrogens (tertiary/aromatic N) is 2. The first-order valence-electron chi connectivity index (χ1n) is 7.26. The van der Waals surface area contributed by atoms with Crippen LogP contribution < -0.4 is 5.32 Å². The third-order valence-corrected chi connectivity index (χ3v) is 3.41. The number of fused-ring (bicyclic) bond motifs is 1. The Morgan fingerprint density at radius 2 is 2.29 bits per heavy atom. The molecule has 1 amide bonds. The van der Waals surface area contributed by atoms with Crippen molar-refractivity contribution >= 4 is 23.0 Å². The van der Waals surface area contributed by atoms with Crippen LogP contribution >= 0.6 is 0 Å². The van der Waals surface area contributed by atoms with E-state index in [2.05, 4.69) is 22.1 Å². The van der Waals surface area contributed by atoms with Gasteiger partial charge in [-0.1, -0.05) is 24.3 Å². The van der Waals surface area contributed by atoms with E-state index < -0.39 is 5.91 Å². The number of aromatic amines is 1. The summed E-state index contributed by atoms with van der Waals surface area (Å²) in [6, 6.07) is 11.4. The van der Waals surface area contributed by atoms with E-state index in [1.165, 1.54) is 6.08 Å². The van der Waals surface area contributed by atoms with Crippen molar-refractivity contribution in [2.45, 2.75) is 0 Å². The van der Waals surface area contributed by atoms with E-state index in [9.17, 15) is 10.1 Å². The Labute approximate surface area is 138 Å². The zero-order chi connectivity index (χ0) is 16.9. The molecule has 0 aliphatic carbocycles. The number of nitriles is 1. The minimum absolute atomic E-state index is 0.0180. The maximum atomic E-state index is 11.9. The fourth-order valence-electron chi connectivity index (χ4n) is 2.27. The van der Waals surface area contributed by atoms with Crippen molar-refractivity contribution in [3.63, 3.8) is 0 Å². The molecule has 2 heterocycles. The van der Waals surface area contributed by atoms with Gasteiger partial charge in [0.15, 0.2) is 5.76 Å². The summed E-state index contributed by atoms with van der Waals surface area (Å²) in [6.45, 7) is 3.81. The number of carbonyl (C=O) groups is 1. The summed E-state index contributed by atoms with van der Waals surface area (Å²) in [7, 11) is 0. The topological polar surface area (TPSA) is 94.7 Å². The van der Waals surface area contributed by atoms with Crippen molar-refractivity contribution in [2.24, 2.45) is 0 Å². The van der Waals surface area contributed by atoms with Crippen LogP contribution in [0.1, 0.15) is 5.56 Å². The summed E-state index contributed by atoms with van der Waals surface area (Å²) in [5, 5.41) is 19.6. The van der Waals surface area contributed by atoms with Gasteiger partial charge in [-0.15, -0.1) is 6.58 Å². The number of H-pyrrole nitrogens is 1. The van der Waals surface area contributed by atoms with Gasteiger partial charge in [-0.25, -0.2) is 0 Å². The predicted molar refractivity (Wildman–Crippen MR) is 90.6 cm³/mol. The Morgan fingerprint density at radius 1 is 1.46 bits per heavy atom. The Balaban J connectivity index is 1.97. The molecular formula is C18H14N4O2. The minimum atomic E-state index is -0.464. The van der Waals surface area contributed by atoms with Crippen molar-refractivity contribution in [3.8, 4) is 17.5 Å². The van der Waals surface area contributed by atoms with Gasteiger partial charge in [-0.05, 0) is 18.2 Å². The van der Waals surface area contributed by atoms with Crippen molar-refractivity contribution in [2.75, 3.05) is 6.54 Å². The number of nitrogens with one attached hydrogen (secondary N) is 2. The van der Waals surface area contributed by atoms with E-state index in [0.29, 0.717) is 23.6 Å². The number of para-hydroxylation sites is 1. The van der Waals surface area contributed by atoms with Crippen LogP contribution in [0, 0.1) is 11.3 Å². The second-order valence-electron chi connectivity index (χ2n) is 5.02. The molecule has 0 saturated carbocycles. The minimum Gasteiger partial charge on any atom is -0.454 e. The average molecular weight is 318 g/mol. The molecule has 0 unspecified atom stereocenters. The molecular weight excluding hydrogens is 304 g/mol. The molecule has 0 saturated heterocycles. The summed E-state index contributed by atoms with van der Waals surface area (Å²) >= 11 is 0. The molecule has 118 valence electrons. The molecule has 0 spiro atoms. The molecule has 1 aromatic carbocycles. The fourth-order valence-corrected chi connectivity index (χ4v) is 2.27. The number of hydrogen-bond acceptors (Lipinski definition) is 4. The monoisotopic (exact) mass is 318 g/mol. The molecule has 2 aromatic heterocycles. The highest BCUT2D eigenvalue weighted by Gasteiger charge is 2.14. The van der Waals surface area contributed by atoms with Crippen molar-refractivity contribution in [1.82, 2.24) is 15.5 Å². The summed E-state index contributed by atoms with van der Waals surface area (Å²) < 4.78 is 5.80. The molecule has 3 aromatic rings. The van der Waals surface area contributed by atoms with Gasteiger partial charge in [0.1, 0.15) is 22.9 Å². The number of amides is 1. The van der Waals surface area contributed by atoms with Crippen LogP contribution in [0.15, 0.2) is 59.2 Å². The Morgan fingerprint density at radius 3 is 3.04 bits per heavy atom.